The molecule has 2 aromatic rings. The fourth-order valence-electron chi connectivity index (χ4n) is 3.71. The molecule has 0 spiro atoms. The van der Waals surface area contributed by atoms with Crippen molar-refractivity contribution in [1.29, 1.82) is 5.26 Å². The van der Waals surface area contributed by atoms with Crippen LogP contribution in [-0.2, 0) is 4.74 Å². The zero-order chi connectivity index (χ0) is 22.8. The molecule has 2 aromatic heterocycles. The van der Waals surface area contributed by atoms with Gasteiger partial charge in [-0.25, -0.2) is 15.2 Å². The number of hydrogen-bond donors (Lipinski definition) is 1. The van der Waals surface area contributed by atoms with Gasteiger partial charge in [0.15, 0.2) is 17.0 Å². The Bertz CT molecular complexity index is 966. The average molecular weight is 429 g/mol. The first-order valence-electron chi connectivity index (χ1n) is 10.7. The number of nitrogens with zero attached hydrogens (tertiary/aromatic N) is 7. The molecule has 168 valence electrons. The predicted molar refractivity (Wildman–Crippen MR) is 117 cm³/mol. The van der Waals surface area contributed by atoms with Crippen molar-refractivity contribution in [2.45, 2.75) is 65.1 Å². The number of anilines is 1. The molecule has 1 aliphatic carbocycles. The van der Waals surface area contributed by atoms with Gasteiger partial charge in [-0.05, 0) is 60.5 Å². The van der Waals surface area contributed by atoms with Crippen LogP contribution in [0.5, 0.6) is 0 Å². The Morgan fingerprint density at radius 1 is 1.35 bits per heavy atom. The highest BCUT2D eigenvalue weighted by molar-refractivity contribution is 5.85. The van der Waals surface area contributed by atoms with Crippen LogP contribution in [-0.4, -0.2) is 56.8 Å². The Morgan fingerprint density at radius 2 is 2.03 bits per heavy atom. The number of hydrazine groups is 1. The number of ether oxygens (including phenoxy) is 1. The zero-order valence-corrected chi connectivity index (χ0v) is 19.2. The van der Waals surface area contributed by atoms with E-state index in [9.17, 15) is 10.1 Å². The van der Waals surface area contributed by atoms with Crippen molar-refractivity contribution >= 4 is 23.1 Å². The van der Waals surface area contributed by atoms with Gasteiger partial charge < -0.3 is 4.74 Å². The summed E-state index contributed by atoms with van der Waals surface area (Å²) in [6, 6.07) is 2.04. The Labute approximate surface area is 183 Å². The number of rotatable bonds is 6. The molecule has 1 amide bonds. The quantitative estimate of drug-likeness (QED) is 0.698. The predicted octanol–water partition coefficient (Wildman–Crippen LogP) is 3.21. The van der Waals surface area contributed by atoms with Crippen LogP contribution in [0.4, 0.5) is 10.6 Å². The second-order valence-corrected chi connectivity index (χ2v) is 9.28. The molecule has 0 aromatic carbocycles. The Kier molecular flexibility index (Phi) is 6.65. The lowest BCUT2D eigenvalue weighted by atomic mass is 10.1. The van der Waals surface area contributed by atoms with Crippen LogP contribution in [0.3, 0.4) is 0 Å². The van der Waals surface area contributed by atoms with Gasteiger partial charge in [0.2, 0.25) is 5.82 Å². The smallest absolute Gasteiger partial charge is 0.426 e. The lowest BCUT2D eigenvalue weighted by Gasteiger charge is -2.29. The molecule has 10 heteroatoms. The molecule has 10 nitrogen and oxygen atoms in total. The van der Waals surface area contributed by atoms with Gasteiger partial charge in [-0.15, -0.1) is 0 Å². The highest BCUT2D eigenvalue weighted by Gasteiger charge is 2.27. The molecule has 1 aliphatic rings. The van der Waals surface area contributed by atoms with Crippen molar-refractivity contribution < 1.29 is 9.53 Å². The van der Waals surface area contributed by atoms with Crippen LogP contribution in [0.1, 0.15) is 65.4 Å². The minimum atomic E-state index is -0.634. The van der Waals surface area contributed by atoms with E-state index in [0.717, 1.165) is 12.8 Å². The van der Waals surface area contributed by atoms with Crippen molar-refractivity contribution in [3.05, 3.63) is 12.2 Å². The summed E-state index contributed by atoms with van der Waals surface area (Å²) in [5, 5.41) is 11.2. The van der Waals surface area contributed by atoms with Crippen LogP contribution >= 0.6 is 0 Å². The molecular formula is C21H32N8O2. The van der Waals surface area contributed by atoms with Crippen LogP contribution < -0.4 is 10.4 Å². The highest BCUT2D eigenvalue weighted by atomic mass is 16.6. The number of carbonyl (C=O) groups is 1. The SMILES string of the molecule is CC(N(C)C)n1cnc2c(N(CC3CCCC3)NC(=O)OC(C)(C)C)nc(C#N)nc21. The molecule has 0 bridgehead atoms. The number of nitriles is 1. The summed E-state index contributed by atoms with van der Waals surface area (Å²) in [5.74, 6) is 0.843. The monoisotopic (exact) mass is 428 g/mol. The van der Waals surface area contributed by atoms with E-state index in [4.69, 9.17) is 4.74 Å². The number of nitrogens with one attached hydrogen (secondary N) is 1. The number of fused-ring (bicyclic) bond motifs is 1. The van der Waals surface area contributed by atoms with E-state index in [1.165, 1.54) is 12.8 Å². The maximum absolute atomic E-state index is 12.6. The Hall–Kier alpha value is -2.93. The molecule has 31 heavy (non-hydrogen) atoms. The number of hydrogen-bond acceptors (Lipinski definition) is 8. The molecule has 1 saturated carbocycles. The van der Waals surface area contributed by atoms with Crippen molar-refractivity contribution in [2.24, 2.45) is 5.92 Å². The lowest BCUT2D eigenvalue weighted by Crippen LogP contribution is -2.47. The van der Waals surface area contributed by atoms with Crippen LogP contribution in [0.25, 0.3) is 11.2 Å². The minimum absolute atomic E-state index is 0.0256. The van der Waals surface area contributed by atoms with Gasteiger partial charge in [0.1, 0.15) is 11.7 Å². The van der Waals surface area contributed by atoms with Gasteiger partial charge in [-0.2, -0.15) is 15.2 Å². The molecule has 0 radical (unpaired) electrons. The molecule has 3 rings (SSSR count). The maximum Gasteiger partial charge on any atom is 0.426 e. The Morgan fingerprint density at radius 3 is 2.61 bits per heavy atom. The van der Waals surface area contributed by atoms with E-state index in [-0.39, 0.29) is 12.0 Å². The molecule has 1 N–H and O–H groups in total. The summed E-state index contributed by atoms with van der Waals surface area (Å²) >= 11 is 0. The van der Waals surface area contributed by atoms with E-state index < -0.39 is 11.7 Å². The molecule has 0 aliphatic heterocycles. The van der Waals surface area contributed by atoms with Crippen molar-refractivity contribution in [1.82, 2.24) is 29.8 Å². The van der Waals surface area contributed by atoms with Gasteiger partial charge in [0.05, 0.1) is 12.5 Å². The molecule has 2 heterocycles. The first-order chi connectivity index (χ1) is 14.6. The van der Waals surface area contributed by atoms with Crippen molar-refractivity contribution in [2.75, 3.05) is 25.6 Å². The van der Waals surface area contributed by atoms with Crippen LogP contribution in [0.2, 0.25) is 0 Å². The van der Waals surface area contributed by atoms with E-state index in [2.05, 4.69) is 20.4 Å². The number of amides is 1. The first kappa shape index (κ1) is 22.7. The van der Waals surface area contributed by atoms with E-state index in [0.29, 0.717) is 29.4 Å². The van der Waals surface area contributed by atoms with Crippen molar-refractivity contribution in [3.8, 4) is 6.07 Å². The normalized spacial score (nSPS) is 15.8. The summed E-state index contributed by atoms with van der Waals surface area (Å²) in [4.78, 5) is 28.0. The second-order valence-electron chi connectivity index (χ2n) is 9.28. The van der Waals surface area contributed by atoms with E-state index in [1.54, 1.807) is 11.3 Å². The fraction of sp³-hybridized carbons (Fsp3) is 0.667. The summed E-state index contributed by atoms with van der Waals surface area (Å²) in [6.45, 7) is 8.02. The third-order valence-corrected chi connectivity index (χ3v) is 5.45. The summed E-state index contributed by atoms with van der Waals surface area (Å²) in [6.07, 6.45) is 5.59. The van der Waals surface area contributed by atoms with Gasteiger partial charge >= 0.3 is 6.09 Å². The summed E-state index contributed by atoms with van der Waals surface area (Å²) in [7, 11) is 3.92. The highest BCUT2D eigenvalue weighted by Crippen LogP contribution is 2.29. The summed E-state index contributed by atoms with van der Waals surface area (Å²) < 4.78 is 7.36. The van der Waals surface area contributed by atoms with E-state index >= 15 is 0 Å². The minimum Gasteiger partial charge on any atom is -0.443 e. The molecule has 0 saturated heterocycles. The molecular weight excluding hydrogens is 396 g/mol. The molecule has 1 unspecified atom stereocenters. The van der Waals surface area contributed by atoms with Crippen molar-refractivity contribution in [3.63, 3.8) is 0 Å². The fourth-order valence-corrected chi connectivity index (χ4v) is 3.71. The first-order valence-corrected chi connectivity index (χ1v) is 10.7. The third kappa shape index (κ3) is 5.41. The molecule has 1 atom stereocenters. The zero-order valence-electron chi connectivity index (χ0n) is 19.2. The molecule has 1 fully saturated rings. The standard InChI is InChI=1S/C21H32N8O2/c1-14(27(5)6)28-13-23-17-18(28)24-16(11-22)25-19(17)29(12-15-9-7-8-10-15)26-20(30)31-21(2,3)4/h13-15H,7-10,12H2,1-6H3,(H,26,30). The largest absolute Gasteiger partial charge is 0.443 e. The van der Waals surface area contributed by atoms with Crippen LogP contribution in [0, 0.1) is 17.2 Å². The maximum atomic E-state index is 12.6. The Balaban J connectivity index is 2.04. The van der Waals surface area contributed by atoms with Crippen LogP contribution in [0.15, 0.2) is 6.33 Å². The van der Waals surface area contributed by atoms with Gasteiger partial charge in [-0.3, -0.25) is 14.5 Å². The lowest BCUT2D eigenvalue weighted by molar-refractivity contribution is 0.0518. The van der Waals surface area contributed by atoms with Gasteiger partial charge in [0.25, 0.3) is 0 Å². The van der Waals surface area contributed by atoms with E-state index in [1.807, 2.05) is 57.3 Å². The summed E-state index contributed by atoms with van der Waals surface area (Å²) in [5.41, 5.74) is 3.28. The topological polar surface area (TPSA) is 112 Å². The number of aromatic nitrogens is 4. The number of carbonyl (C=O) groups excluding carboxylic acids is 1. The average Bonchev–Trinajstić information content (AvgIpc) is 3.34. The third-order valence-electron chi connectivity index (χ3n) is 5.45. The van der Waals surface area contributed by atoms with Gasteiger partial charge in [-0.1, -0.05) is 12.8 Å². The second kappa shape index (κ2) is 9.06. The van der Waals surface area contributed by atoms with Gasteiger partial charge in [0, 0.05) is 6.54 Å². The number of imidazole rings is 1.